The van der Waals surface area contributed by atoms with Crippen molar-refractivity contribution in [3.05, 3.63) is 48.0 Å². The lowest BCUT2D eigenvalue weighted by Crippen LogP contribution is -1.99. The molecule has 1 heterocycles. The Morgan fingerprint density at radius 3 is 2.80 bits per heavy atom. The minimum absolute atomic E-state index is 0.332. The Hall–Kier alpha value is -2.73. The van der Waals surface area contributed by atoms with Crippen LogP contribution in [0.25, 0.3) is 21.9 Å². The zero-order valence-corrected chi connectivity index (χ0v) is 11.0. The highest BCUT2D eigenvalue weighted by atomic mass is 16.5. The van der Waals surface area contributed by atoms with Crippen molar-refractivity contribution < 1.29 is 13.9 Å². The van der Waals surface area contributed by atoms with Gasteiger partial charge in [-0.25, -0.2) is 4.79 Å². The lowest BCUT2D eigenvalue weighted by molar-refractivity contribution is -0.136. The van der Waals surface area contributed by atoms with Crippen molar-refractivity contribution in [3.8, 4) is 11.8 Å². The molecule has 0 saturated heterocycles. The second-order valence-corrected chi connectivity index (χ2v) is 4.28. The molecule has 3 rings (SSSR count). The maximum Gasteiger partial charge on any atom is 0.384 e. The molecule has 0 spiro atoms. The molecule has 0 N–H and O–H groups in total. The zero-order chi connectivity index (χ0) is 13.9. The molecule has 0 atom stereocenters. The van der Waals surface area contributed by atoms with E-state index >= 15 is 0 Å². The van der Waals surface area contributed by atoms with Crippen LogP contribution in [-0.2, 0) is 9.53 Å². The Morgan fingerprint density at radius 1 is 1.15 bits per heavy atom. The summed E-state index contributed by atoms with van der Waals surface area (Å²) in [6.07, 6.45) is 0. The molecule has 0 aliphatic carbocycles. The number of benzene rings is 2. The smallest absolute Gasteiger partial charge is 0.384 e. The topological polar surface area (TPSA) is 39.4 Å². The average Bonchev–Trinajstić information content (AvgIpc) is 2.83. The second-order valence-electron chi connectivity index (χ2n) is 4.28. The maximum atomic E-state index is 11.2. The van der Waals surface area contributed by atoms with Gasteiger partial charge in [0.1, 0.15) is 11.2 Å². The molecular weight excluding hydrogens is 252 g/mol. The van der Waals surface area contributed by atoms with Crippen LogP contribution in [0, 0.1) is 11.8 Å². The Morgan fingerprint density at radius 2 is 1.95 bits per heavy atom. The van der Waals surface area contributed by atoms with Crippen LogP contribution in [0.1, 0.15) is 12.5 Å². The van der Waals surface area contributed by atoms with Crippen LogP contribution < -0.4 is 0 Å². The number of carbonyl (C=O) groups excluding carboxylic acids is 1. The van der Waals surface area contributed by atoms with Crippen molar-refractivity contribution in [2.45, 2.75) is 6.92 Å². The van der Waals surface area contributed by atoms with Crippen LogP contribution in [0.5, 0.6) is 0 Å². The van der Waals surface area contributed by atoms with E-state index in [1.807, 2.05) is 42.5 Å². The molecule has 0 saturated carbocycles. The number of para-hydroxylation sites is 1. The van der Waals surface area contributed by atoms with Crippen LogP contribution in [0.3, 0.4) is 0 Å². The molecule has 2 aromatic carbocycles. The molecule has 0 fully saturated rings. The first-order valence-electron chi connectivity index (χ1n) is 6.38. The van der Waals surface area contributed by atoms with Gasteiger partial charge in [0.15, 0.2) is 0 Å². The Kier molecular flexibility index (Phi) is 3.14. The summed E-state index contributed by atoms with van der Waals surface area (Å²) >= 11 is 0. The largest absolute Gasteiger partial charge is 0.456 e. The van der Waals surface area contributed by atoms with E-state index in [0.717, 1.165) is 27.5 Å². The Labute approximate surface area is 116 Å². The molecule has 3 heteroatoms. The van der Waals surface area contributed by atoms with Crippen molar-refractivity contribution >= 4 is 27.9 Å². The lowest BCUT2D eigenvalue weighted by atomic mass is 10.1. The normalized spacial score (nSPS) is 10.2. The maximum absolute atomic E-state index is 11.2. The van der Waals surface area contributed by atoms with E-state index in [9.17, 15) is 4.79 Å². The number of ether oxygens (including phenoxy) is 1. The molecular formula is C17H12O3. The summed E-state index contributed by atoms with van der Waals surface area (Å²) < 4.78 is 10.5. The van der Waals surface area contributed by atoms with Crippen molar-refractivity contribution in [3.63, 3.8) is 0 Å². The van der Waals surface area contributed by atoms with Gasteiger partial charge >= 0.3 is 5.97 Å². The third-order valence-electron chi connectivity index (χ3n) is 2.96. The van der Waals surface area contributed by atoms with Crippen LogP contribution in [0.2, 0.25) is 0 Å². The van der Waals surface area contributed by atoms with Gasteiger partial charge in [-0.3, -0.25) is 0 Å². The molecule has 0 radical (unpaired) electrons. The van der Waals surface area contributed by atoms with Crippen molar-refractivity contribution in [1.82, 2.24) is 0 Å². The lowest BCUT2D eigenvalue weighted by Gasteiger charge is -1.93. The monoisotopic (exact) mass is 264 g/mol. The fourth-order valence-electron chi connectivity index (χ4n) is 2.09. The predicted molar refractivity (Wildman–Crippen MR) is 77.2 cm³/mol. The van der Waals surface area contributed by atoms with Crippen LogP contribution in [0.4, 0.5) is 0 Å². The molecule has 0 bridgehead atoms. The molecule has 20 heavy (non-hydrogen) atoms. The van der Waals surface area contributed by atoms with E-state index in [2.05, 4.69) is 11.8 Å². The summed E-state index contributed by atoms with van der Waals surface area (Å²) in [6.45, 7) is 2.09. The molecule has 3 nitrogen and oxygen atoms in total. The quantitative estimate of drug-likeness (QED) is 0.499. The van der Waals surface area contributed by atoms with Crippen molar-refractivity contribution in [2.24, 2.45) is 0 Å². The van der Waals surface area contributed by atoms with E-state index < -0.39 is 5.97 Å². The van der Waals surface area contributed by atoms with E-state index in [1.54, 1.807) is 6.92 Å². The zero-order valence-electron chi connectivity index (χ0n) is 11.0. The van der Waals surface area contributed by atoms with Gasteiger partial charge in [0, 0.05) is 22.3 Å². The average molecular weight is 264 g/mol. The van der Waals surface area contributed by atoms with Crippen molar-refractivity contribution in [2.75, 3.05) is 6.61 Å². The van der Waals surface area contributed by atoms with Gasteiger partial charge in [0.05, 0.1) is 6.61 Å². The minimum Gasteiger partial charge on any atom is -0.456 e. The third-order valence-corrected chi connectivity index (χ3v) is 2.96. The van der Waals surface area contributed by atoms with E-state index in [4.69, 9.17) is 9.15 Å². The van der Waals surface area contributed by atoms with Gasteiger partial charge in [-0.2, -0.15) is 0 Å². The van der Waals surface area contributed by atoms with E-state index in [1.165, 1.54) is 0 Å². The highest BCUT2D eigenvalue weighted by molar-refractivity contribution is 6.05. The van der Waals surface area contributed by atoms with Gasteiger partial charge in [-0.05, 0) is 31.2 Å². The summed E-state index contributed by atoms with van der Waals surface area (Å²) in [4.78, 5) is 11.2. The fraction of sp³-hybridized carbons (Fsp3) is 0.118. The second kappa shape index (κ2) is 5.10. The van der Waals surface area contributed by atoms with Crippen LogP contribution >= 0.6 is 0 Å². The summed E-state index contributed by atoms with van der Waals surface area (Å²) in [5.74, 6) is 4.76. The first kappa shape index (κ1) is 12.3. The minimum atomic E-state index is -0.510. The number of hydrogen-bond donors (Lipinski definition) is 0. The number of rotatable bonds is 1. The number of fused-ring (bicyclic) bond motifs is 3. The van der Waals surface area contributed by atoms with Crippen LogP contribution in [-0.4, -0.2) is 12.6 Å². The van der Waals surface area contributed by atoms with Crippen molar-refractivity contribution in [1.29, 1.82) is 0 Å². The van der Waals surface area contributed by atoms with Gasteiger partial charge in [-0.15, -0.1) is 0 Å². The summed E-state index contributed by atoms with van der Waals surface area (Å²) in [7, 11) is 0. The standard InChI is InChI=1S/C17H12O3/c1-2-19-17(18)10-8-12-7-9-16-14(11-12)13-5-3-4-6-15(13)20-16/h3-7,9,11H,2H2,1H3. The van der Waals surface area contributed by atoms with Gasteiger partial charge in [0.25, 0.3) is 0 Å². The first-order chi connectivity index (χ1) is 9.78. The molecule has 1 aromatic heterocycles. The number of esters is 1. The molecule has 0 aliphatic heterocycles. The number of hydrogen-bond acceptors (Lipinski definition) is 3. The molecule has 0 amide bonds. The molecule has 0 aliphatic rings. The number of furan rings is 1. The van der Waals surface area contributed by atoms with Gasteiger partial charge < -0.3 is 9.15 Å². The van der Waals surface area contributed by atoms with E-state index in [-0.39, 0.29) is 0 Å². The predicted octanol–water partition coefficient (Wildman–Crippen LogP) is 3.50. The number of carbonyl (C=O) groups is 1. The summed E-state index contributed by atoms with van der Waals surface area (Å²) in [6, 6.07) is 13.5. The highest BCUT2D eigenvalue weighted by Gasteiger charge is 2.06. The van der Waals surface area contributed by atoms with E-state index in [0.29, 0.717) is 6.61 Å². The fourth-order valence-corrected chi connectivity index (χ4v) is 2.09. The Balaban J connectivity index is 2.06. The Bertz CT molecular complexity index is 847. The highest BCUT2D eigenvalue weighted by Crippen LogP contribution is 2.28. The van der Waals surface area contributed by atoms with Crippen LogP contribution in [0.15, 0.2) is 46.9 Å². The van der Waals surface area contributed by atoms with Gasteiger partial charge in [0.2, 0.25) is 0 Å². The third kappa shape index (κ3) is 2.24. The summed E-state index contributed by atoms with van der Waals surface area (Å²) in [5, 5.41) is 2.04. The molecule has 0 unspecified atom stereocenters. The summed E-state index contributed by atoms with van der Waals surface area (Å²) in [5.41, 5.74) is 2.42. The van der Waals surface area contributed by atoms with Gasteiger partial charge in [-0.1, -0.05) is 24.1 Å². The molecule has 3 aromatic rings. The first-order valence-corrected chi connectivity index (χ1v) is 6.38. The molecule has 98 valence electrons. The SMILES string of the molecule is CCOC(=O)C#Cc1ccc2oc3ccccc3c2c1.